The van der Waals surface area contributed by atoms with Gasteiger partial charge < -0.3 is 15.0 Å². The van der Waals surface area contributed by atoms with E-state index < -0.39 is 35.7 Å². The molecule has 1 aromatic heterocycles. The third-order valence-corrected chi connectivity index (χ3v) is 4.31. The standard InChI is InChI=1S/C19H25F3N4O4/c1-18(2,3)30-17(29)26(12-15(27)24-14-6-4-5-9-23-14)13-7-10-25(11-8-13)16(28)19(20,21)22/h4-6,9,13H,7-8,10-12H2,1-3H3,(H,23,24,27). The van der Waals surface area contributed by atoms with E-state index in [0.29, 0.717) is 10.7 Å². The Labute approximate surface area is 172 Å². The van der Waals surface area contributed by atoms with E-state index in [2.05, 4.69) is 10.3 Å². The van der Waals surface area contributed by atoms with Crippen LogP contribution in [-0.2, 0) is 14.3 Å². The number of piperidine rings is 1. The van der Waals surface area contributed by atoms with Gasteiger partial charge in [0, 0.05) is 25.3 Å². The maximum Gasteiger partial charge on any atom is 0.471 e. The van der Waals surface area contributed by atoms with Crippen molar-refractivity contribution in [1.82, 2.24) is 14.8 Å². The van der Waals surface area contributed by atoms with Crippen LogP contribution < -0.4 is 5.32 Å². The number of carbonyl (C=O) groups is 3. The Morgan fingerprint density at radius 1 is 1.20 bits per heavy atom. The fraction of sp³-hybridized carbons (Fsp3) is 0.579. The molecule has 1 aliphatic rings. The van der Waals surface area contributed by atoms with Crippen LogP contribution in [0.2, 0.25) is 0 Å². The summed E-state index contributed by atoms with van der Waals surface area (Å²) in [6.45, 7) is 4.29. The molecule has 1 aliphatic heterocycles. The lowest BCUT2D eigenvalue weighted by atomic mass is 10.0. The Morgan fingerprint density at radius 3 is 2.33 bits per heavy atom. The van der Waals surface area contributed by atoms with E-state index in [1.807, 2.05) is 0 Å². The topological polar surface area (TPSA) is 91.8 Å². The van der Waals surface area contributed by atoms with Crippen molar-refractivity contribution in [3.05, 3.63) is 24.4 Å². The second kappa shape index (κ2) is 9.31. The van der Waals surface area contributed by atoms with Gasteiger partial charge in [0.05, 0.1) is 0 Å². The molecule has 0 spiro atoms. The molecule has 30 heavy (non-hydrogen) atoms. The number of halogens is 3. The van der Waals surface area contributed by atoms with Crippen molar-refractivity contribution in [1.29, 1.82) is 0 Å². The van der Waals surface area contributed by atoms with Gasteiger partial charge in [-0.25, -0.2) is 9.78 Å². The monoisotopic (exact) mass is 430 g/mol. The van der Waals surface area contributed by atoms with Crippen molar-refractivity contribution in [2.45, 2.75) is 51.4 Å². The van der Waals surface area contributed by atoms with E-state index in [1.54, 1.807) is 39.0 Å². The first-order valence-corrected chi connectivity index (χ1v) is 9.43. The normalized spacial score (nSPS) is 15.5. The zero-order chi connectivity index (χ0) is 22.5. The van der Waals surface area contributed by atoms with E-state index in [1.165, 1.54) is 11.1 Å². The molecular formula is C19H25F3N4O4. The number of pyridine rings is 1. The molecule has 1 saturated heterocycles. The lowest BCUT2D eigenvalue weighted by Crippen LogP contribution is -2.53. The van der Waals surface area contributed by atoms with Crippen LogP contribution in [0.5, 0.6) is 0 Å². The molecule has 166 valence electrons. The first-order chi connectivity index (χ1) is 13.9. The van der Waals surface area contributed by atoms with Gasteiger partial charge >= 0.3 is 18.2 Å². The summed E-state index contributed by atoms with van der Waals surface area (Å²) in [4.78, 5) is 42.4. The Bertz CT molecular complexity index is 757. The van der Waals surface area contributed by atoms with E-state index in [4.69, 9.17) is 4.74 Å². The van der Waals surface area contributed by atoms with Crippen molar-refractivity contribution in [2.24, 2.45) is 0 Å². The molecule has 1 N–H and O–H groups in total. The summed E-state index contributed by atoms with van der Waals surface area (Å²) in [6, 6.07) is 4.39. The van der Waals surface area contributed by atoms with Crippen molar-refractivity contribution < 1.29 is 32.3 Å². The van der Waals surface area contributed by atoms with Gasteiger partial charge in [-0.3, -0.25) is 14.5 Å². The number of carbonyl (C=O) groups excluding carboxylic acids is 3. The summed E-state index contributed by atoms with van der Waals surface area (Å²) in [5.41, 5.74) is -0.820. The van der Waals surface area contributed by atoms with E-state index >= 15 is 0 Å². The highest BCUT2D eigenvalue weighted by atomic mass is 19.4. The van der Waals surface area contributed by atoms with Gasteiger partial charge in [-0.2, -0.15) is 13.2 Å². The van der Waals surface area contributed by atoms with Gasteiger partial charge in [0.25, 0.3) is 0 Å². The quantitative estimate of drug-likeness (QED) is 0.793. The second-order valence-corrected chi connectivity index (χ2v) is 7.89. The van der Waals surface area contributed by atoms with E-state index in [9.17, 15) is 27.6 Å². The lowest BCUT2D eigenvalue weighted by Gasteiger charge is -2.38. The Morgan fingerprint density at radius 2 is 1.83 bits per heavy atom. The maximum atomic E-state index is 12.7. The number of aromatic nitrogens is 1. The van der Waals surface area contributed by atoms with E-state index in [-0.39, 0.29) is 32.5 Å². The summed E-state index contributed by atoms with van der Waals surface area (Å²) >= 11 is 0. The number of rotatable bonds is 4. The molecule has 2 heterocycles. The average molecular weight is 430 g/mol. The van der Waals surface area contributed by atoms with Gasteiger partial charge in [0.1, 0.15) is 18.0 Å². The smallest absolute Gasteiger partial charge is 0.444 e. The summed E-state index contributed by atoms with van der Waals surface area (Å²) in [7, 11) is 0. The van der Waals surface area contributed by atoms with Crippen LogP contribution in [0.3, 0.4) is 0 Å². The van der Waals surface area contributed by atoms with E-state index in [0.717, 1.165) is 0 Å². The van der Waals surface area contributed by atoms with Crippen LogP contribution in [0, 0.1) is 0 Å². The Kier molecular flexibility index (Phi) is 7.27. The van der Waals surface area contributed by atoms with Gasteiger partial charge in [-0.05, 0) is 45.7 Å². The number of ether oxygens (including phenoxy) is 1. The predicted octanol–water partition coefficient (Wildman–Crippen LogP) is 2.81. The first-order valence-electron chi connectivity index (χ1n) is 9.43. The molecule has 11 heteroatoms. The highest BCUT2D eigenvalue weighted by Gasteiger charge is 2.44. The number of anilines is 1. The maximum absolute atomic E-state index is 12.7. The Hall–Kier alpha value is -2.85. The fourth-order valence-electron chi connectivity index (χ4n) is 3.00. The molecule has 1 aromatic rings. The molecule has 8 nitrogen and oxygen atoms in total. The highest BCUT2D eigenvalue weighted by Crippen LogP contribution is 2.24. The van der Waals surface area contributed by atoms with Gasteiger partial charge in [0.15, 0.2) is 0 Å². The third kappa shape index (κ3) is 6.89. The minimum Gasteiger partial charge on any atom is -0.444 e. The van der Waals surface area contributed by atoms with Crippen LogP contribution >= 0.6 is 0 Å². The van der Waals surface area contributed by atoms with Crippen LogP contribution in [0.15, 0.2) is 24.4 Å². The van der Waals surface area contributed by atoms with Gasteiger partial charge in [-0.1, -0.05) is 6.07 Å². The number of alkyl halides is 3. The van der Waals surface area contributed by atoms with Crippen LogP contribution in [0.1, 0.15) is 33.6 Å². The minimum atomic E-state index is -4.94. The van der Waals surface area contributed by atoms with Gasteiger partial charge in [-0.15, -0.1) is 0 Å². The third-order valence-electron chi connectivity index (χ3n) is 4.31. The largest absolute Gasteiger partial charge is 0.471 e. The summed E-state index contributed by atoms with van der Waals surface area (Å²) in [5, 5.41) is 2.56. The first kappa shape index (κ1) is 23.4. The summed E-state index contributed by atoms with van der Waals surface area (Å²) in [5.74, 6) is -2.12. The molecule has 0 radical (unpaired) electrons. The molecule has 1 fully saturated rings. The number of nitrogens with zero attached hydrogens (tertiary/aromatic N) is 3. The van der Waals surface area contributed by atoms with Crippen molar-refractivity contribution in [3.8, 4) is 0 Å². The predicted molar refractivity (Wildman–Crippen MR) is 101 cm³/mol. The number of likely N-dealkylation sites (tertiary alicyclic amines) is 1. The number of amides is 3. The molecule has 3 amide bonds. The molecule has 2 rings (SSSR count). The van der Waals surface area contributed by atoms with Crippen molar-refractivity contribution in [3.63, 3.8) is 0 Å². The van der Waals surface area contributed by atoms with Crippen LogP contribution in [-0.4, -0.2) is 70.1 Å². The summed E-state index contributed by atoms with van der Waals surface area (Å²) in [6.07, 6.45) is -4.01. The molecule has 0 aliphatic carbocycles. The van der Waals surface area contributed by atoms with Crippen LogP contribution in [0.25, 0.3) is 0 Å². The SMILES string of the molecule is CC(C)(C)OC(=O)N(CC(=O)Nc1ccccn1)C1CCN(C(=O)C(F)(F)F)CC1. The Balaban J connectivity index is 2.07. The number of hydrogen-bond acceptors (Lipinski definition) is 5. The molecule has 0 unspecified atom stereocenters. The average Bonchev–Trinajstić information content (AvgIpc) is 2.64. The van der Waals surface area contributed by atoms with Crippen LogP contribution in [0.4, 0.5) is 23.8 Å². The highest BCUT2D eigenvalue weighted by molar-refractivity contribution is 5.93. The van der Waals surface area contributed by atoms with Crippen molar-refractivity contribution in [2.75, 3.05) is 25.0 Å². The number of hydrogen-bond donors (Lipinski definition) is 1. The lowest BCUT2D eigenvalue weighted by molar-refractivity contribution is -0.186. The zero-order valence-corrected chi connectivity index (χ0v) is 17.0. The minimum absolute atomic E-state index is 0.0952. The number of nitrogens with one attached hydrogen (secondary N) is 1. The molecular weight excluding hydrogens is 405 g/mol. The molecule has 0 aromatic carbocycles. The molecule has 0 saturated carbocycles. The zero-order valence-electron chi connectivity index (χ0n) is 17.0. The fourth-order valence-corrected chi connectivity index (χ4v) is 3.00. The van der Waals surface area contributed by atoms with Gasteiger partial charge in [0.2, 0.25) is 5.91 Å². The van der Waals surface area contributed by atoms with Crippen molar-refractivity contribution >= 4 is 23.7 Å². The summed E-state index contributed by atoms with van der Waals surface area (Å²) < 4.78 is 43.3. The molecule has 0 atom stereocenters. The second-order valence-electron chi connectivity index (χ2n) is 7.89. The molecule has 0 bridgehead atoms.